The van der Waals surface area contributed by atoms with E-state index in [2.05, 4.69) is 22.2 Å². The molecule has 0 nitrogen and oxygen atoms in total. The van der Waals surface area contributed by atoms with Gasteiger partial charge in [-0.3, -0.25) is 0 Å². The summed E-state index contributed by atoms with van der Waals surface area (Å²) in [5.41, 5.74) is 0. The second kappa shape index (κ2) is 13.2. The van der Waals surface area contributed by atoms with E-state index in [1.54, 1.807) is 0 Å². The van der Waals surface area contributed by atoms with E-state index in [0.29, 0.717) is 0 Å². The number of unbranched alkanes of at least 4 members (excludes halogenated alkanes) is 9. The summed E-state index contributed by atoms with van der Waals surface area (Å²) < 4.78 is 0. The van der Waals surface area contributed by atoms with Gasteiger partial charge >= 0.3 is 0 Å². The van der Waals surface area contributed by atoms with E-state index in [1.807, 2.05) is 5.82 Å². The minimum Gasteiger partial charge on any atom is -0.0834 e. The van der Waals surface area contributed by atoms with E-state index in [-0.39, 0.29) is 0 Å². The van der Waals surface area contributed by atoms with Crippen LogP contribution in [0.15, 0.2) is 11.9 Å². The summed E-state index contributed by atoms with van der Waals surface area (Å²) in [7, 11) is 4.03. The number of hydrogen-bond donors (Lipinski definition) is 0. The highest BCUT2D eigenvalue weighted by Gasteiger charge is 1.90. The summed E-state index contributed by atoms with van der Waals surface area (Å²) in [6.07, 6.45) is 16.1. The summed E-state index contributed by atoms with van der Waals surface area (Å²) in [5.74, 6) is 1.85. The molecule has 14 heavy (non-hydrogen) atoms. The van der Waals surface area contributed by atoms with E-state index < -0.39 is 0 Å². The molecule has 0 atom stereocenters. The van der Waals surface area contributed by atoms with E-state index in [9.17, 15) is 0 Å². The first kappa shape index (κ1) is 14.2. The minimum absolute atomic E-state index is 1.21. The van der Waals surface area contributed by atoms with Gasteiger partial charge in [-0.1, -0.05) is 70.2 Å². The van der Waals surface area contributed by atoms with Gasteiger partial charge in [-0.05, 0) is 22.1 Å². The molecule has 0 spiro atoms. The fourth-order valence-corrected chi connectivity index (χ4v) is 1.80. The Bertz CT molecular complexity index is 118. The molecule has 0 aliphatic heterocycles. The van der Waals surface area contributed by atoms with Gasteiger partial charge in [-0.15, -0.1) is 0 Å². The van der Waals surface area contributed by atoms with Crippen molar-refractivity contribution in [1.29, 1.82) is 0 Å². The van der Waals surface area contributed by atoms with Crippen molar-refractivity contribution < 1.29 is 0 Å². The van der Waals surface area contributed by atoms with Gasteiger partial charge in [0.2, 0.25) is 0 Å². The van der Waals surface area contributed by atoms with Gasteiger partial charge in [0.15, 0.2) is 0 Å². The van der Waals surface area contributed by atoms with Crippen molar-refractivity contribution >= 4 is 9.24 Å². The van der Waals surface area contributed by atoms with Crippen molar-refractivity contribution in [3.63, 3.8) is 0 Å². The molecule has 0 aliphatic rings. The van der Waals surface area contributed by atoms with Gasteiger partial charge in [-0.25, -0.2) is 0 Å². The predicted octanol–water partition coefficient (Wildman–Crippen LogP) is 5.83. The van der Waals surface area contributed by atoms with Crippen LogP contribution in [0.5, 0.6) is 0 Å². The molecule has 0 aromatic carbocycles. The fourth-order valence-electron chi connectivity index (χ4n) is 1.65. The maximum atomic E-state index is 4.03. The molecule has 0 amide bonds. The molecule has 0 heterocycles. The summed E-state index contributed by atoms with van der Waals surface area (Å²) >= 11 is 0. The first-order valence-electron chi connectivity index (χ1n) is 6.21. The minimum atomic E-state index is 1.21. The maximum absolute atomic E-state index is 4.03. The van der Waals surface area contributed by atoms with E-state index in [1.165, 1.54) is 64.2 Å². The van der Waals surface area contributed by atoms with Crippen molar-refractivity contribution in [2.75, 3.05) is 0 Å². The Morgan fingerprint density at radius 3 is 1.79 bits per heavy atom. The molecule has 0 rings (SSSR count). The Hall–Kier alpha value is 0.170. The highest BCUT2D eigenvalue weighted by molar-refractivity contribution is 7.20. The summed E-state index contributed by atoms with van der Waals surface area (Å²) in [5, 5.41) is 0. The van der Waals surface area contributed by atoms with Crippen LogP contribution >= 0.6 is 9.24 Å². The molecule has 2 radical (unpaired) electrons. The topological polar surface area (TPSA) is 0 Å². The zero-order chi connectivity index (χ0) is 10.5. The van der Waals surface area contributed by atoms with Crippen LogP contribution in [-0.4, -0.2) is 0 Å². The van der Waals surface area contributed by atoms with Gasteiger partial charge in [0.1, 0.15) is 0 Å². The molecule has 0 aromatic rings. The van der Waals surface area contributed by atoms with Gasteiger partial charge < -0.3 is 0 Å². The monoisotopic (exact) mass is 212 g/mol. The molecule has 0 saturated heterocycles. The third-order valence-corrected chi connectivity index (χ3v) is 2.79. The molecule has 0 aromatic heterocycles. The van der Waals surface area contributed by atoms with Gasteiger partial charge in [0.25, 0.3) is 0 Å². The quantitative estimate of drug-likeness (QED) is 0.315. The highest BCUT2D eigenvalue weighted by Crippen LogP contribution is 2.10. The average Bonchev–Trinajstić information content (AvgIpc) is 2.21. The zero-order valence-electron chi connectivity index (χ0n) is 9.67. The lowest BCUT2D eigenvalue weighted by Crippen LogP contribution is -1.80. The standard InChI is InChI=1S/C13H25P/c1-2-3-4-5-6-7-8-9-10-11-12-13-14/h12-13H,2-11H2,1H3. The predicted molar refractivity (Wildman–Crippen MR) is 67.9 cm³/mol. The Morgan fingerprint density at radius 2 is 1.29 bits per heavy atom. The fraction of sp³-hybridized carbons (Fsp3) is 0.846. The molecule has 0 bridgehead atoms. The Balaban J connectivity index is 2.85. The van der Waals surface area contributed by atoms with Gasteiger partial charge in [0, 0.05) is 0 Å². The second-order valence-corrected chi connectivity index (χ2v) is 4.30. The van der Waals surface area contributed by atoms with Crippen molar-refractivity contribution in [3.05, 3.63) is 11.9 Å². The van der Waals surface area contributed by atoms with Crippen molar-refractivity contribution in [2.24, 2.45) is 0 Å². The summed E-state index contributed by atoms with van der Waals surface area (Å²) in [6, 6.07) is 0. The van der Waals surface area contributed by atoms with E-state index in [4.69, 9.17) is 0 Å². The third kappa shape index (κ3) is 12.2. The van der Waals surface area contributed by atoms with Gasteiger partial charge in [0.05, 0.1) is 0 Å². The number of rotatable bonds is 10. The molecule has 82 valence electrons. The van der Waals surface area contributed by atoms with Crippen LogP contribution in [0.4, 0.5) is 0 Å². The number of hydrogen-bond acceptors (Lipinski definition) is 0. The lowest BCUT2D eigenvalue weighted by molar-refractivity contribution is 0.566. The van der Waals surface area contributed by atoms with Crippen LogP contribution in [0, 0.1) is 0 Å². The zero-order valence-corrected chi connectivity index (χ0v) is 10.6. The normalized spacial score (nSPS) is 11.3. The molecule has 0 unspecified atom stereocenters. The molecular formula is C13H25P. The average molecular weight is 212 g/mol. The van der Waals surface area contributed by atoms with Crippen LogP contribution in [-0.2, 0) is 0 Å². The third-order valence-electron chi connectivity index (χ3n) is 2.58. The van der Waals surface area contributed by atoms with Crippen LogP contribution in [0.2, 0.25) is 0 Å². The molecular weight excluding hydrogens is 187 g/mol. The van der Waals surface area contributed by atoms with Gasteiger partial charge in [-0.2, -0.15) is 0 Å². The molecule has 0 aliphatic carbocycles. The van der Waals surface area contributed by atoms with Crippen LogP contribution in [0.25, 0.3) is 0 Å². The van der Waals surface area contributed by atoms with Crippen molar-refractivity contribution in [3.8, 4) is 0 Å². The first-order chi connectivity index (χ1) is 6.91. The Morgan fingerprint density at radius 1 is 0.786 bits per heavy atom. The Kier molecular flexibility index (Phi) is 13.3. The van der Waals surface area contributed by atoms with Crippen molar-refractivity contribution in [2.45, 2.75) is 71.1 Å². The van der Waals surface area contributed by atoms with Crippen molar-refractivity contribution in [1.82, 2.24) is 0 Å². The summed E-state index contributed by atoms with van der Waals surface area (Å²) in [4.78, 5) is 0. The highest BCUT2D eigenvalue weighted by atomic mass is 31.0. The molecule has 0 fully saturated rings. The molecule has 1 heteroatoms. The first-order valence-corrected chi connectivity index (χ1v) is 6.72. The lowest BCUT2D eigenvalue weighted by Gasteiger charge is -2.00. The smallest absolute Gasteiger partial charge is 0.0146 e. The SMILES string of the molecule is CCCCCCCCCCCC=C[P]. The number of allylic oxidation sites excluding steroid dienone is 1. The van der Waals surface area contributed by atoms with Crippen LogP contribution in [0.1, 0.15) is 71.1 Å². The molecule has 0 N–H and O–H groups in total. The lowest BCUT2D eigenvalue weighted by atomic mass is 10.1. The largest absolute Gasteiger partial charge is 0.0834 e. The second-order valence-electron chi connectivity index (χ2n) is 4.00. The Labute approximate surface area is 92.8 Å². The van der Waals surface area contributed by atoms with E-state index in [0.717, 1.165) is 0 Å². The van der Waals surface area contributed by atoms with Crippen LogP contribution < -0.4 is 0 Å². The summed E-state index contributed by atoms with van der Waals surface area (Å²) in [6.45, 7) is 2.27. The van der Waals surface area contributed by atoms with Crippen LogP contribution in [0.3, 0.4) is 0 Å². The van der Waals surface area contributed by atoms with E-state index >= 15 is 0 Å². The maximum Gasteiger partial charge on any atom is -0.0146 e. The molecule has 0 saturated carbocycles.